The second kappa shape index (κ2) is 11.4. The molecule has 0 saturated carbocycles. The van der Waals surface area contributed by atoms with Gasteiger partial charge in [0, 0.05) is 41.9 Å². The predicted octanol–water partition coefficient (Wildman–Crippen LogP) is 3.40. The number of ether oxygens (including phenoxy) is 1. The SMILES string of the molecule is CCN(CC)C(=O)Cn1ccc2cc(NC(=O)c3ccc(=O)n(CCOc4ccccc4)n3)ccc21. The van der Waals surface area contributed by atoms with Crippen molar-refractivity contribution in [3.8, 4) is 5.75 Å². The molecule has 0 spiro atoms. The van der Waals surface area contributed by atoms with Crippen molar-refractivity contribution >= 4 is 28.4 Å². The standard InChI is InChI=1S/C27H29N5O4/c1-3-30(4-2)26(34)19-31-15-14-20-18-21(10-12-24(20)31)28-27(35)23-11-13-25(33)32(29-23)16-17-36-22-8-6-5-7-9-22/h5-15,18H,3-4,16-17,19H2,1-2H3,(H,28,35). The topological polar surface area (TPSA) is 98.5 Å². The second-order valence-electron chi connectivity index (χ2n) is 8.18. The Kier molecular flexibility index (Phi) is 7.79. The van der Waals surface area contributed by atoms with Crippen LogP contribution in [-0.2, 0) is 17.9 Å². The van der Waals surface area contributed by atoms with Gasteiger partial charge in [-0.05, 0) is 56.3 Å². The van der Waals surface area contributed by atoms with E-state index in [0.717, 1.165) is 10.9 Å². The van der Waals surface area contributed by atoms with E-state index in [2.05, 4.69) is 10.4 Å². The summed E-state index contributed by atoms with van der Waals surface area (Å²) in [6.45, 7) is 5.98. The largest absolute Gasteiger partial charge is 0.492 e. The molecule has 0 aliphatic carbocycles. The Balaban J connectivity index is 1.42. The summed E-state index contributed by atoms with van der Waals surface area (Å²) >= 11 is 0. The lowest BCUT2D eigenvalue weighted by atomic mass is 10.2. The number of para-hydroxylation sites is 1. The van der Waals surface area contributed by atoms with Crippen LogP contribution in [0, 0.1) is 0 Å². The first kappa shape index (κ1) is 24.7. The molecule has 0 aliphatic rings. The predicted molar refractivity (Wildman–Crippen MR) is 138 cm³/mol. The smallest absolute Gasteiger partial charge is 0.276 e. The van der Waals surface area contributed by atoms with Gasteiger partial charge < -0.3 is 19.5 Å². The second-order valence-corrected chi connectivity index (χ2v) is 8.18. The van der Waals surface area contributed by atoms with E-state index in [1.54, 1.807) is 11.0 Å². The van der Waals surface area contributed by atoms with E-state index in [1.165, 1.54) is 16.8 Å². The Morgan fingerprint density at radius 3 is 2.53 bits per heavy atom. The number of carbonyl (C=O) groups excluding carboxylic acids is 2. The minimum absolute atomic E-state index is 0.0604. The van der Waals surface area contributed by atoms with Crippen LogP contribution in [0.15, 0.2) is 77.7 Å². The number of hydrogen-bond acceptors (Lipinski definition) is 5. The van der Waals surface area contributed by atoms with Crippen LogP contribution in [0.3, 0.4) is 0 Å². The quantitative estimate of drug-likeness (QED) is 0.370. The molecule has 4 rings (SSSR count). The number of amides is 2. The van der Waals surface area contributed by atoms with E-state index >= 15 is 0 Å². The van der Waals surface area contributed by atoms with Gasteiger partial charge in [0.25, 0.3) is 11.5 Å². The Bertz CT molecular complexity index is 1410. The minimum atomic E-state index is -0.428. The van der Waals surface area contributed by atoms with Gasteiger partial charge in [0.2, 0.25) is 5.91 Å². The van der Waals surface area contributed by atoms with Gasteiger partial charge in [0.15, 0.2) is 0 Å². The van der Waals surface area contributed by atoms with Crippen molar-refractivity contribution in [3.63, 3.8) is 0 Å². The highest BCUT2D eigenvalue weighted by Gasteiger charge is 2.14. The molecule has 0 fully saturated rings. The van der Waals surface area contributed by atoms with E-state index in [0.29, 0.717) is 24.5 Å². The lowest BCUT2D eigenvalue weighted by molar-refractivity contribution is -0.131. The molecule has 4 aromatic rings. The molecule has 36 heavy (non-hydrogen) atoms. The third-order valence-electron chi connectivity index (χ3n) is 5.86. The van der Waals surface area contributed by atoms with Crippen molar-refractivity contribution in [2.75, 3.05) is 25.0 Å². The van der Waals surface area contributed by atoms with Gasteiger partial charge >= 0.3 is 0 Å². The first-order valence-corrected chi connectivity index (χ1v) is 11.9. The van der Waals surface area contributed by atoms with Crippen molar-refractivity contribution in [1.82, 2.24) is 19.2 Å². The third kappa shape index (κ3) is 5.80. The molecule has 0 saturated heterocycles. The Morgan fingerprint density at radius 2 is 1.78 bits per heavy atom. The van der Waals surface area contributed by atoms with Gasteiger partial charge in [0.1, 0.15) is 24.6 Å². The molecule has 0 bridgehead atoms. The lowest BCUT2D eigenvalue weighted by Crippen LogP contribution is -2.33. The minimum Gasteiger partial charge on any atom is -0.492 e. The van der Waals surface area contributed by atoms with Crippen LogP contribution in [0.2, 0.25) is 0 Å². The van der Waals surface area contributed by atoms with Gasteiger partial charge in [-0.2, -0.15) is 5.10 Å². The Morgan fingerprint density at radius 1 is 1.00 bits per heavy atom. The summed E-state index contributed by atoms with van der Waals surface area (Å²) in [5.41, 5.74) is 1.30. The number of likely N-dealkylation sites (N-methyl/N-ethyl adjacent to an activating group) is 1. The summed E-state index contributed by atoms with van der Waals surface area (Å²) < 4.78 is 8.74. The highest BCUT2D eigenvalue weighted by molar-refractivity contribution is 6.03. The van der Waals surface area contributed by atoms with Crippen LogP contribution >= 0.6 is 0 Å². The first-order chi connectivity index (χ1) is 17.5. The number of fused-ring (bicyclic) bond motifs is 1. The van der Waals surface area contributed by atoms with Crippen molar-refractivity contribution in [1.29, 1.82) is 0 Å². The number of carbonyl (C=O) groups is 2. The number of benzene rings is 2. The summed E-state index contributed by atoms with van der Waals surface area (Å²) in [5, 5.41) is 7.93. The molecule has 0 radical (unpaired) electrons. The van der Waals surface area contributed by atoms with Crippen LogP contribution in [0.4, 0.5) is 5.69 Å². The molecule has 186 valence electrons. The Labute approximate surface area is 208 Å². The monoisotopic (exact) mass is 487 g/mol. The molecule has 2 heterocycles. The molecule has 2 amide bonds. The molecule has 0 aliphatic heterocycles. The molecule has 1 N–H and O–H groups in total. The molecular formula is C27H29N5O4. The van der Waals surface area contributed by atoms with Gasteiger partial charge in [-0.15, -0.1) is 0 Å². The number of nitrogens with zero attached hydrogens (tertiary/aromatic N) is 4. The van der Waals surface area contributed by atoms with Crippen molar-refractivity contribution in [2.24, 2.45) is 0 Å². The van der Waals surface area contributed by atoms with E-state index in [9.17, 15) is 14.4 Å². The maximum atomic E-state index is 12.8. The van der Waals surface area contributed by atoms with E-state index in [-0.39, 0.29) is 36.9 Å². The van der Waals surface area contributed by atoms with Crippen LogP contribution in [0.25, 0.3) is 10.9 Å². The zero-order chi connectivity index (χ0) is 25.5. The summed E-state index contributed by atoms with van der Waals surface area (Å²) in [5.74, 6) is 0.328. The zero-order valence-electron chi connectivity index (χ0n) is 20.4. The molecule has 9 heteroatoms. The summed E-state index contributed by atoms with van der Waals surface area (Å²) in [7, 11) is 0. The lowest BCUT2D eigenvalue weighted by Gasteiger charge is -2.19. The molecule has 0 unspecified atom stereocenters. The maximum absolute atomic E-state index is 12.8. The van der Waals surface area contributed by atoms with E-state index in [1.807, 2.05) is 73.1 Å². The van der Waals surface area contributed by atoms with Gasteiger partial charge in [-0.3, -0.25) is 14.4 Å². The first-order valence-electron chi connectivity index (χ1n) is 11.9. The number of anilines is 1. The molecule has 0 atom stereocenters. The van der Waals surface area contributed by atoms with Crippen molar-refractivity contribution in [2.45, 2.75) is 26.9 Å². The number of nitrogens with one attached hydrogen (secondary N) is 1. The van der Waals surface area contributed by atoms with E-state index < -0.39 is 5.91 Å². The highest BCUT2D eigenvalue weighted by atomic mass is 16.5. The fourth-order valence-corrected chi connectivity index (χ4v) is 3.93. The van der Waals surface area contributed by atoms with Crippen molar-refractivity contribution < 1.29 is 14.3 Å². The molecule has 2 aromatic heterocycles. The van der Waals surface area contributed by atoms with E-state index in [4.69, 9.17) is 4.74 Å². The average molecular weight is 488 g/mol. The summed E-state index contributed by atoms with van der Waals surface area (Å²) in [6, 6.07) is 19.4. The number of aromatic nitrogens is 3. The normalized spacial score (nSPS) is 10.8. The van der Waals surface area contributed by atoms with Crippen LogP contribution < -0.4 is 15.6 Å². The average Bonchev–Trinajstić information content (AvgIpc) is 3.28. The van der Waals surface area contributed by atoms with Crippen LogP contribution in [-0.4, -0.2) is 50.8 Å². The number of hydrogen-bond donors (Lipinski definition) is 1. The van der Waals surface area contributed by atoms with Crippen LogP contribution in [0.1, 0.15) is 24.3 Å². The molecular weight excluding hydrogens is 458 g/mol. The van der Waals surface area contributed by atoms with Gasteiger partial charge in [-0.1, -0.05) is 18.2 Å². The number of rotatable bonds is 10. The van der Waals surface area contributed by atoms with Crippen molar-refractivity contribution in [3.05, 3.63) is 89.0 Å². The molecule has 9 nitrogen and oxygen atoms in total. The summed E-state index contributed by atoms with van der Waals surface area (Å²) in [4.78, 5) is 39.3. The molecule has 2 aromatic carbocycles. The van der Waals surface area contributed by atoms with Crippen LogP contribution in [0.5, 0.6) is 5.75 Å². The fourth-order valence-electron chi connectivity index (χ4n) is 3.93. The third-order valence-corrected chi connectivity index (χ3v) is 5.86. The fraction of sp³-hybridized carbons (Fsp3) is 0.259. The van der Waals surface area contributed by atoms with Gasteiger partial charge in [0.05, 0.1) is 6.54 Å². The Hall–Kier alpha value is -4.40. The zero-order valence-corrected chi connectivity index (χ0v) is 20.4. The highest BCUT2D eigenvalue weighted by Crippen LogP contribution is 2.21. The maximum Gasteiger partial charge on any atom is 0.276 e. The summed E-state index contributed by atoms with van der Waals surface area (Å²) in [6.07, 6.45) is 1.87. The van der Waals surface area contributed by atoms with Gasteiger partial charge in [-0.25, -0.2) is 4.68 Å².